The Hall–Kier alpha value is -2.06. The van der Waals surface area contributed by atoms with Crippen LogP contribution in [0.25, 0.3) is 0 Å². The SMILES string of the molecule is CC[C@H](C)[C@H](NC(=O)[C@H]1N2C(=O)c3ccccc3[C@H]2SC1(C)C)C(=O)NCCCOC(C)C. The van der Waals surface area contributed by atoms with Crippen LogP contribution in [-0.4, -0.2) is 58.7 Å². The maximum Gasteiger partial charge on any atom is 0.256 e. The van der Waals surface area contributed by atoms with Crippen LogP contribution in [0.5, 0.6) is 0 Å². The Morgan fingerprint density at radius 2 is 1.91 bits per heavy atom. The summed E-state index contributed by atoms with van der Waals surface area (Å²) in [6, 6.07) is 6.22. The predicted molar refractivity (Wildman–Crippen MR) is 131 cm³/mol. The van der Waals surface area contributed by atoms with Gasteiger partial charge in [0.1, 0.15) is 17.5 Å². The molecule has 3 rings (SSSR count). The second kappa shape index (κ2) is 10.5. The van der Waals surface area contributed by atoms with E-state index >= 15 is 0 Å². The molecule has 182 valence electrons. The van der Waals surface area contributed by atoms with Crippen LogP contribution in [0.1, 0.15) is 75.7 Å². The molecule has 8 heteroatoms. The van der Waals surface area contributed by atoms with Gasteiger partial charge < -0.3 is 20.3 Å². The van der Waals surface area contributed by atoms with E-state index in [1.165, 1.54) is 0 Å². The lowest BCUT2D eigenvalue weighted by molar-refractivity contribution is -0.133. The van der Waals surface area contributed by atoms with Crippen LogP contribution < -0.4 is 10.6 Å². The van der Waals surface area contributed by atoms with Gasteiger partial charge in [-0.05, 0) is 51.7 Å². The Morgan fingerprint density at radius 3 is 2.58 bits per heavy atom. The molecule has 33 heavy (non-hydrogen) atoms. The average Bonchev–Trinajstić information content (AvgIpc) is 3.20. The smallest absolute Gasteiger partial charge is 0.256 e. The van der Waals surface area contributed by atoms with Gasteiger partial charge in [-0.1, -0.05) is 38.5 Å². The lowest BCUT2D eigenvalue weighted by atomic mass is 9.95. The molecule has 0 spiro atoms. The molecule has 0 unspecified atom stereocenters. The normalized spacial score (nSPS) is 22.6. The zero-order chi connectivity index (χ0) is 24.3. The van der Waals surface area contributed by atoms with Gasteiger partial charge in [-0.2, -0.15) is 0 Å². The van der Waals surface area contributed by atoms with Crippen molar-refractivity contribution in [2.45, 2.75) is 82.7 Å². The van der Waals surface area contributed by atoms with E-state index in [4.69, 9.17) is 4.74 Å². The summed E-state index contributed by atoms with van der Waals surface area (Å²) >= 11 is 1.62. The van der Waals surface area contributed by atoms with Crippen LogP contribution >= 0.6 is 11.8 Å². The number of hydrogen-bond donors (Lipinski definition) is 2. The molecule has 0 bridgehead atoms. The van der Waals surface area contributed by atoms with Gasteiger partial charge in [-0.3, -0.25) is 14.4 Å². The van der Waals surface area contributed by atoms with Crippen LogP contribution in [0.2, 0.25) is 0 Å². The fourth-order valence-electron chi connectivity index (χ4n) is 4.45. The van der Waals surface area contributed by atoms with E-state index in [1.807, 2.05) is 65.8 Å². The molecule has 7 nitrogen and oxygen atoms in total. The minimum absolute atomic E-state index is 0.0414. The third-order valence-electron chi connectivity index (χ3n) is 6.41. The molecular formula is C25H37N3O4S. The number of nitrogens with zero attached hydrogens (tertiary/aromatic N) is 1. The lowest BCUT2D eigenvalue weighted by Crippen LogP contribution is -2.58. The second-order valence-electron chi connectivity index (χ2n) is 9.71. The number of carbonyl (C=O) groups excluding carboxylic acids is 3. The summed E-state index contributed by atoms with van der Waals surface area (Å²) in [4.78, 5) is 41.4. The van der Waals surface area contributed by atoms with Crippen LogP contribution in [0.15, 0.2) is 24.3 Å². The Labute approximate surface area is 201 Å². The van der Waals surface area contributed by atoms with E-state index in [0.29, 0.717) is 25.1 Å². The van der Waals surface area contributed by atoms with Gasteiger partial charge in [-0.25, -0.2) is 0 Å². The molecule has 1 aromatic rings. The number of fused-ring (bicyclic) bond motifs is 3. The van der Waals surface area contributed by atoms with Crippen LogP contribution in [0.3, 0.4) is 0 Å². The molecule has 2 aliphatic rings. The van der Waals surface area contributed by atoms with Crippen LogP contribution in [-0.2, 0) is 14.3 Å². The minimum Gasteiger partial charge on any atom is -0.379 e. The largest absolute Gasteiger partial charge is 0.379 e. The van der Waals surface area contributed by atoms with Gasteiger partial charge in [0, 0.05) is 23.5 Å². The van der Waals surface area contributed by atoms with Crippen molar-refractivity contribution in [3.63, 3.8) is 0 Å². The lowest BCUT2D eigenvalue weighted by Gasteiger charge is -2.32. The van der Waals surface area contributed by atoms with Gasteiger partial charge >= 0.3 is 0 Å². The molecule has 3 amide bonds. The molecule has 0 saturated carbocycles. The molecule has 4 atom stereocenters. The first kappa shape index (κ1) is 25.6. The molecule has 0 radical (unpaired) electrons. The van der Waals surface area contributed by atoms with E-state index < -0.39 is 16.8 Å². The van der Waals surface area contributed by atoms with Crippen molar-refractivity contribution < 1.29 is 19.1 Å². The summed E-state index contributed by atoms with van der Waals surface area (Å²) in [6.07, 6.45) is 1.61. The zero-order valence-electron chi connectivity index (χ0n) is 20.5. The maximum absolute atomic E-state index is 13.6. The summed E-state index contributed by atoms with van der Waals surface area (Å²) in [5.74, 6) is -0.637. The van der Waals surface area contributed by atoms with Crippen molar-refractivity contribution in [2.75, 3.05) is 13.2 Å². The molecule has 2 aliphatic heterocycles. The number of carbonyl (C=O) groups is 3. The topological polar surface area (TPSA) is 87.7 Å². The second-order valence-corrected chi connectivity index (χ2v) is 11.4. The molecule has 0 aromatic heterocycles. The monoisotopic (exact) mass is 475 g/mol. The number of benzene rings is 1. The van der Waals surface area contributed by atoms with Gasteiger partial charge in [0.15, 0.2) is 0 Å². The van der Waals surface area contributed by atoms with Crippen molar-refractivity contribution >= 4 is 29.5 Å². The zero-order valence-corrected chi connectivity index (χ0v) is 21.3. The Bertz CT molecular complexity index is 888. The van der Waals surface area contributed by atoms with E-state index in [1.54, 1.807) is 16.7 Å². The summed E-state index contributed by atoms with van der Waals surface area (Å²) < 4.78 is 5.04. The standard InChI is InChI=1S/C25H37N3O4S/c1-7-16(4)19(21(29)26-13-10-14-32-15(2)3)27-22(30)20-25(5,6)33-24-18-12-9-8-11-17(18)23(31)28(20)24/h8-9,11-12,15-16,19-20,24H,7,10,13-14H2,1-6H3,(H,26,29)(H,27,30)/t16-,19-,20+,24+/m0/s1. The van der Waals surface area contributed by atoms with Crippen molar-refractivity contribution in [1.29, 1.82) is 0 Å². The number of hydrogen-bond acceptors (Lipinski definition) is 5. The first-order valence-corrected chi connectivity index (χ1v) is 12.8. The van der Waals surface area contributed by atoms with Gasteiger partial charge in [0.2, 0.25) is 11.8 Å². The number of rotatable bonds is 10. The van der Waals surface area contributed by atoms with E-state index in [-0.39, 0.29) is 35.1 Å². The third-order valence-corrected chi connectivity index (χ3v) is 7.94. The Morgan fingerprint density at radius 1 is 1.21 bits per heavy atom. The van der Waals surface area contributed by atoms with Crippen LogP contribution in [0.4, 0.5) is 0 Å². The first-order chi connectivity index (χ1) is 15.6. The minimum atomic E-state index is -0.661. The highest BCUT2D eigenvalue weighted by molar-refractivity contribution is 8.01. The fraction of sp³-hybridized carbons (Fsp3) is 0.640. The Balaban J connectivity index is 1.71. The fourth-order valence-corrected chi connectivity index (χ4v) is 6.04. The van der Waals surface area contributed by atoms with Crippen molar-refractivity contribution in [3.8, 4) is 0 Å². The molecule has 1 fully saturated rings. The average molecular weight is 476 g/mol. The summed E-state index contributed by atoms with van der Waals surface area (Å²) in [5, 5.41) is 5.75. The van der Waals surface area contributed by atoms with Crippen molar-refractivity contribution in [3.05, 3.63) is 35.4 Å². The third kappa shape index (κ3) is 5.38. The Kier molecular flexibility index (Phi) is 8.11. The number of amides is 3. The summed E-state index contributed by atoms with van der Waals surface area (Å²) in [7, 11) is 0. The highest BCUT2D eigenvalue weighted by Gasteiger charge is 2.57. The highest BCUT2D eigenvalue weighted by atomic mass is 32.2. The molecule has 2 N–H and O–H groups in total. The summed E-state index contributed by atoms with van der Waals surface area (Å²) in [5.41, 5.74) is 1.61. The number of thioether (sulfide) groups is 1. The molecule has 0 aliphatic carbocycles. The number of nitrogens with one attached hydrogen (secondary N) is 2. The quantitative estimate of drug-likeness (QED) is 0.506. The predicted octanol–water partition coefficient (Wildman–Crippen LogP) is 3.50. The van der Waals surface area contributed by atoms with Crippen LogP contribution in [0, 0.1) is 5.92 Å². The van der Waals surface area contributed by atoms with Crippen molar-refractivity contribution in [1.82, 2.24) is 15.5 Å². The van der Waals surface area contributed by atoms with E-state index in [0.717, 1.165) is 12.0 Å². The van der Waals surface area contributed by atoms with Gasteiger partial charge in [0.05, 0.1) is 6.10 Å². The van der Waals surface area contributed by atoms with Gasteiger partial charge in [0.25, 0.3) is 5.91 Å². The number of ether oxygens (including phenoxy) is 1. The van der Waals surface area contributed by atoms with E-state index in [2.05, 4.69) is 10.6 Å². The first-order valence-electron chi connectivity index (χ1n) is 11.9. The van der Waals surface area contributed by atoms with Gasteiger partial charge in [-0.15, -0.1) is 11.8 Å². The molecule has 2 heterocycles. The highest BCUT2D eigenvalue weighted by Crippen LogP contribution is 2.56. The maximum atomic E-state index is 13.6. The van der Waals surface area contributed by atoms with Crippen molar-refractivity contribution in [2.24, 2.45) is 5.92 Å². The van der Waals surface area contributed by atoms with E-state index in [9.17, 15) is 14.4 Å². The molecule has 1 saturated heterocycles. The summed E-state index contributed by atoms with van der Waals surface area (Å²) in [6.45, 7) is 13.0. The molecule has 1 aromatic carbocycles. The molecular weight excluding hydrogens is 438 g/mol.